The lowest BCUT2D eigenvalue weighted by atomic mass is 10.0. The minimum Gasteiger partial charge on any atom is -0.497 e. The summed E-state index contributed by atoms with van der Waals surface area (Å²) in [6.07, 6.45) is -0.0438. The second kappa shape index (κ2) is 9.50. The van der Waals surface area contributed by atoms with Crippen molar-refractivity contribution in [3.05, 3.63) is 69.3 Å². The number of carbonyl (C=O) groups is 2. The highest BCUT2D eigenvalue weighted by atomic mass is 16.6. The Morgan fingerprint density at radius 3 is 2.39 bits per heavy atom. The lowest BCUT2D eigenvalue weighted by Gasteiger charge is -2.19. The van der Waals surface area contributed by atoms with Gasteiger partial charge >= 0.3 is 5.97 Å². The van der Waals surface area contributed by atoms with Crippen molar-refractivity contribution in [3.63, 3.8) is 0 Å². The standard InChI is InChI=1S/C20H22N2O6/c1-4-28-19(23)12-17(14-5-8-16(27-3)9-6-14)21-20(24)15-7-10-18(22(25)26)13(2)11-15/h5-11,17H,4,12H2,1-3H3,(H,21,24)/t17-/m1/s1. The molecule has 2 rings (SSSR count). The van der Waals surface area contributed by atoms with Gasteiger partial charge in [-0.05, 0) is 43.7 Å². The molecule has 0 bridgehead atoms. The third kappa shape index (κ3) is 5.29. The van der Waals surface area contributed by atoms with Gasteiger partial charge in [-0.2, -0.15) is 0 Å². The number of nitrogens with zero attached hydrogens (tertiary/aromatic N) is 1. The number of amides is 1. The fourth-order valence-corrected chi connectivity index (χ4v) is 2.72. The number of nitro benzene ring substituents is 1. The maximum atomic E-state index is 12.7. The van der Waals surface area contributed by atoms with Crippen molar-refractivity contribution in [2.24, 2.45) is 0 Å². The van der Waals surface area contributed by atoms with Crippen molar-refractivity contribution < 1.29 is 24.0 Å². The number of carbonyl (C=O) groups excluding carboxylic acids is 2. The van der Waals surface area contributed by atoms with Crippen molar-refractivity contribution in [2.75, 3.05) is 13.7 Å². The molecule has 0 saturated heterocycles. The van der Waals surface area contributed by atoms with Gasteiger partial charge in [0.15, 0.2) is 0 Å². The van der Waals surface area contributed by atoms with Gasteiger partial charge in [0.1, 0.15) is 5.75 Å². The molecule has 0 aliphatic rings. The van der Waals surface area contributed by atoms with Crippen LogP contribution in [0.1, 0.15) is 40.9 Å². The van der Waals surface area contributed by atoms with Crippen LogP contribution in [0.4, 0.5) is 5.69 Å². The summed E-state index contributed by atoms with van der Waals surface area (Å²) in [5, 5.41) is 13.7. The van der Waals surface area contributed by atoms with E-state index in [4.69, 9.17) is 9.47 Å². The zero-order valence-electron chi connectivity index (χ0n) is 15.9. The molecule has 0 saturated carbocycles. The number of esters is 1. The van der Waals surface area contributed by atoms with E-state index in [-0.39, 0.29) is 24.3 Å². The summed E-state index contributed by atoms with van der Waals surface area (Å²) in [4.78, 5) is 35.1. The number of benzene rings is 2. The van der Waals surface area contributed by atoms with Crippen LogP contribution < -0.4 is 10.1 Å². The van der Waals surface area contributed by atoms with Gasteiger partial charge in [-0.3, -0.25) is 19.7 Å². The molecule has 0 aliphatic heterocycles. The Hall–Kier alpha value is -3.42. The van der Waals surface area contributed by atoms with Gasteiger partial charge in [-0.25, -0.2) is 0 Å². The summed E-state index contributed by atoms with van der Waals surface area (Å²) in [6.45, 7) is 3.51. The van der Waals surface area contributed by atoms with Gasteiger partial charge in [0.2, 0.25) is 0 Å². The fraction of sp³-hybridized carbons (Fsp3) is 0.300. The quantitative estimate of drug-likeness (QED) is 0.423. The van der Waals surface area contributed by atoms with Crippen LogP contribution in [0.5, 0.6) is 5.75 Å². The van der Waals surface area contributed by atoms with E-state index in [1.807, 2.05) is 0 Å². The SMILES string of the molecule is CCOC(=O)C[C@@H](NC(=O)c1ccc([N+](=O)[O-])c(C)c1)c1ccc(OC)cc1. The van der Waals surface area contributed by atoms with Crippen LogP contribution >= 0.6 is 0 Å². The number of nitro groups is 1. The van der Waals surface area contributed by atoms with Gasteiger partial charge in [-0.15, -0.1) is 0 Å². The molecule has 0 fully saturated rings. The zero-order valence-corrected chi connectivity index (χ0v) is 15.9. The number of methoxy groups -OCH3 is 1. The zero-order chi connectivity index (χ0) is 20.7. The van der Waals surface area contributed by atoms with Gasteiger partial charge in [0.25, 0.3) is 11.6 Å². The number of rotatable bonds is 8. The Kier molecular flexibility index (Phi) is 7.08. The summed E-state index contributed by atoms with van der Waals surface area (Å²) in [5.41, 5.74) is 1.30. The van der Waals surface area contributed by atoms with Crippen LogP contribution in [-0.2, 0) is 9.53 Å². The summed E-state index contributed by atoms with van der Waals surface area (Å²) in [5.74, 6) is -0.234. The number of hydrogen-bond acceptors (Lipinski definition) is 6. The van der Waals surface area contributed by atoms with E-state index in [1.54, 1.807) is 45.2 Å². The summed E-state index contributed by atoms with van der Waals surface area (Å²) in [6, 6.07) is 10.5. The normalized spacial score (nSPS) is 11.4. The van der Waals surface area contributed by atoms with E-state index in [2.05, 4.69) is 5.32 Å². The van der Waals surface area contributed by atoms with Crippen molar-refractivity contribution in [2.45, 2.75) is 26.3 Å². The topological polar surface area (TPSA) is 108 Å². The second-order valence-corrected chi connectivity index (χ2v) is 6.07. The van der Waals surface area contributed by atoms with Crippen LogP contribution in [0.2, 0.25) is 0 Å². The Bertz CT molecular complexity index is 863. The molecule has 1 N–H and O–H groups in total. The first kappa shape index (κ1) is 20.9. The first-order valence-electron chi connectivity index (χ1n) is 8.71. The highest BCUT2D eigenvalue weighted by Gasteiger charge is 2.21. The summed E-state index contributed by atoms with van der Waals surface area (Å²) in [7, 11) is 1.55. The molecule has 8 nitrogen and oxygen atoms in total. The van der Waals surface area contributed by atoms with E-state index in [1.165, 1.54) is 18.2 Å². The van der Waals surface area contributed by atoms with E-state index in [9.17, 15) is 19.7 Å². The molecule has 0 aromatic heterocycles. The fourth-order valence-electron chi connectivity index (χ4n) is 2.72. The summed E-state index contributed by atoms with van der Waals surface area (Å²) < 4.78 is 10.1. The van der Waals surface area contributed by atoms with Crippen molar-refractivity contribution in [1.82, 2.24) is 5.32 Å². The number of nitrogens with one attached hydrogen (secondary N) is 1. The van der Waals surface area contributed by atoms with E-state index >= 15 is 0 Å². The highest BCUT2D eigenvalue weighted by molar-refractivity contribution is 5.95. The van der Waals surface area contributed by atoms with Gasteiger partial charge < -0.3 is 14.8 Å². The third-order valence-corrected chi connectivity index (χ3v) is 4.16. The second-order valence-electron chi connectivity index (χ2n) is 6.07. The van der Waals surface area contributed by atoms with E-state index < -0.39 is 22.8 Å². The monoisotopic (exact) mass is 386 g/mol. The molecule has 0 spiro atoms. The van der Waals surface area contributed by atoms with Crippen molar-refractivity contribution in [1.29, 1.82) is 0 Å². The molecule has 0 aliphatic carbocycles. The smallest absolute Gasteiger partial charge is 0.308 e. The van der Waals surface area contributed by atoms with Crippen LogP contribution in [0.3, 0.4) is 0 Å². The van der Waals surface area contributed by atoms with Crippen LogP contribution in [0, 0.1) is 17.0 Å². The molecule has 0 unspecified atom stereocenters. The van der Waals surface area contributed by atoms with Gasteiger partial charge in [0, 0.05) is 17.2 Å². The Morgan fingerprint density at radius 2 is 1.86 bits per heavy atom. The number of hydrogen-bond donors (Lipinski definition) is 1. The largest absolute Gasteiger partial charge is 0.497 e. The van der Waals surface area contributed by atoms with Crippen LogP contribution in [0.25, 0.3) is 0 Å². The first-order chi connectivity index (χ1) is 13.3. The minimum absolute atomic E-state index is 0.0438. The molecule has 148 valence electrons. The molecular weight excluding hydrogens is 364 g/mol. The molecule has 0 heterocycles. The average molecular weight is 386 g/mol. The molecule has 1 amide bonds. The maximum Gasteiger partial charge on any atom is 0.308 e. The third-order valence-electron chi connectivity index (χ3n) is 4.16. The Morgan fingerprint density at radius 1 is 1.18 bits per heavy atom. The molecule has 1 atom stereocenters. The predicted molar refractivity (Wildman–Crippen MR) is 102 cm³/mol. The molecule has 2 aromatic rings. The molecular formula is C20H22N2O6. The van der Waals surface area contributed by atoms with Crippen LogP contribution in [0.15, 0.2) is 42.5 Å². The highest BCUT2D eigenvalue weighted by Crippen LogP contribution is 2.23. The summed E-state index contributed by atoms with van der Waals surface area (Å²) >= 11 is 0. The molecule has 8 heteroatoms. The molecule has 28 heavy (non-hydrogen) atoms. The minimum atomic E-state index is -0.618. The number of ether oxygens (including phenoxy) is 2. The Labute approximate surface area is 162 Å². The molecule has 0 radical (unpaired) electrons. The average Bonchev–Trinajstić information content (AvgIpc) is 2.67. The lowest BCUT2D eigenvalue weighted by Crippen LogP contribution is -2.30. The lowest BCUT2D eigenvalue weighted by molar-refractivity contribution is -0.385. The predicted octanol–water partition coefficient (Wildman–Crippen LogP) is 3.34. The van der Waals surface area contributed by atoms with Crippen LogP contribution in [-0.4, -0.2) is 30.5 Å². The Balaban J connectivity index is 2.25. The van der Waals surface area contributed by atoms with Crippen molar-refractivity contribution in [3.8, 4) is 5.75 Å². The van der Waals surface area contributed by atoms with Gasteiger partial charge in [0.05, 0.1) is 31.1 Å². The first-order valence-corrected chi connectivity index (χ1v) is 8.71. The molecule has 2 aromatic carbocycles. The van der Waals surface area contributed by atoms with E-state index in [0.29, 0.717) is 16.9 Å². The van der Waals surface area contributed by atoms with E-state index in [0.717, 1.165) is 0 Å². The van der Waals surface area contributed by atoms with Crippen molar-refractivity contribution >= 4 is 17.6 Å². The van der Waals surface area contributed by atoms with Gasteiger partial charge in [-0.1, -0.05) is 12.1 Å². The number of aryl methyl sites for hydroxylation is 1. The maximum absolute atomic E-state index is 12.7.